The zero-order valence-electron chi connectivity index (χ0n) is 10.7. The SMILES string of the molecule is CCCNC(=O)CN(C)c1ccc(Br)cc1CO. The number of benzene rings is 1. The van der Waals surface area contributed by atoms with E-state index in [-0.39, 0.29) is 19.1 Å². The monoisotopic (exact) mass is 314 g/mol. The van der Waals surface area contributed by atoms with Crippen molar-refractivity contribution in [2.24, 2.45) is 0 Å². The van der Waals surface area contributed by atoms with E-state index in [2.05, 4.69) is 21.2 Å². The second kappa shape index (κ2) is 7.38. The first-order chi connectivity index (χ1) is 8.58. The molecular formula is C13H19BrN2O2. The van der Waals surface area contributed by atoms with E-state index in [0.29, 0.717) is 6.54 Å². The lowest BCUT2D eigenvalue weighted by Crippen LogP contribution is -2.35. The molecule has 0 aliphatic heterocycles. The van der Waals surface area contributed by atoms with Gasteiger partial charge in [0.05, 0.1) is 13.2 Å². The van der Waals surface area contributed by atoms with Crippen LogP contribution in [0.3, 0.4) is 0 Å². The molecule has 0 heterocycles. The van der Waals surface area contributed by atoms with E-state index >= 15 is 0 Å². The summed E-state index contributed by atoms with van der Waals surface area (Å²) in [7, 11) is 1.84. The topological polar surface area (TPSA) is 52.6 Å². The molecule has 0 aromatic heterocycles. The molecule has 0 saturated carbocycles. The number of nitrogens with one attached hydrogen (secondary N) is 1. The van der Waals surface area contributed by atoms with Gasteiger partial charge >= 0.3 is 0 Å². The third-order valence-electron chi connectivity index (χ3n) is 2.58. The lowest BCUT2D eigenvalue weighted by molar-refractivity contribution is -0.119. The minimum Gasteiger partial charge on any atom is -0.392 e. The number of nitrogens with zero attached hydrogens (tertiary/aromatic N) is 1. The Hall–Kier alpha value is -1.07. The Kier molecular flexibility index (Phi) is 6.15. The average Bonchev–Trinajstić information content (AvgIpc) is 2.35. The summed E-state index contributed by atoms with van der Waals surface area (Å²) in [5.74, 6) is -0.00819. The first kappa shape index (κ1) is 15.0. The Bertz CT molecular complexity index is 410. The van der Waals surface area contributed by atoms with Crippen LogP contribution in [0.25, 0.3) is 0 Å². The van der Waals surface area contributed by atoms with E-state index in [1.54, 1.807) is 0 Å². The van der Waals surface area contributed by atoms with E-state index in [0.717, 1.165) is 22.1 Å². The Morgan fingerprint density at radius 2 is 2.22 bits per heavy atom. The zero-order chi connectivity index (χ0) is 13.5. The number of aliphatic hydroxyl groups excluding tert-OH is 1. The highest BCUT2D eigenvalue weighted by Crippen LogP contribution is 2.23. The maximum Gasteiger partial charge on any atom is 0.239 e. The predicted molar refractivity (Wildman–Crippen MR) is 76.6 cm³/mol. The van der Waals surface area contributed by atoms with Crippen LogP contribution < -0.4 is 10.2 Å². The smallest absolute Gasteiger partial charge is 0.239 e. The molecule has 0 unspecified atom stereocenters. The molecule has 2 N–H and O–H groups in total. The van der Waals surface area contributed by atoms with Crippen LogP contribution in [0, 0.1) is 0 Å². The largest absolute Gasteiger partial charge is 0.392 e. The third-order valence-corrected chi connectivity index (χ3v) is 3.07. The summed E-state index contributed by atoms with van der Waals surface area (Å²) in [5, 5.41) is 12.1. The molecule has 1 rings (SSSR count). The van der Waals surface area contributed by atoms with Crippen molar-refractivity contribution in [1.29, 1.82) is 0 Å². The first-order valence-corrected chi connectivity index (χ1v) is 6.75. The van der Waals surface area contributed by atoms with Gasteiger partial charge in [-0.2, -0.15) is 0 Å². The Labute approximate surface area is 116 Å². The lowest BCUT2D eigenvalue weighted by atomic mass is 10.1. The summed E-state index contributed by atoms with van der Waals surface area (Å²) < 4.78 is 0.916. The number of rotatable bonds is 6. The second-order valence-electron chi connectivity index (χ2n) is 4.14. The summed E-state index contributed by atoms with van der Waals surface area (Å²) in [5.41, 5.74) is 1.67. The molecule has 0 aliphatic carbocycles. The number of hydrogen-bond donors (Lipinski definition) is 2. The number of aliphatic hydroxyl groups is 1. The van der Waals surface area contributed by atoms with Crippen molar-refractivity contribution >= 4 is 27.5 Å². The fourth-order valence-corrected chi connectivity index (χ4v) is 2.08. The number of halogens is 1. The molecule has 5 heteroatoms. The van der Waals surface area contributed by atoms with Gasteiger partial charge in [0.25, 0.3) is 0 Å². The van der Waals surface area contributed by atoms with Crippen LogP contribution in [0.5, 0.6) is 0 Å². The summed E-state index contributed by atoms with van der Waals surface area (Å²) in [6.07, 6.45) is 0.926. The second-order valence-corrected chi connectivity index (χ2v) is 5.05. The molecule has 0 saturated heterocycles. The fraction of sp³-hybridized carbons (Fsp3) is 0.462. The van der Waals surface area contributed by atoms with Gasteiger partial charge in [-0.05, 0) is 24.6 Å². The summed E-state index contributed by atoms with van der Waals surface area (Å²) >= 11 is 3.36. The van der Waals surface area contributed by atoms with Crippen molar-refractivity contribution in [1.82, 2.24) is 5.32 Å². The van der Waals surface area contributed by atoms with Crippen molar-refractivity contribution < 1.29 is 9.90 Å². The maximum atomic E-state index is 11.6. The number of carbonyl (C=O) groups is 1. The van der Waals surface area contributed by atoms with Gasteiger partial charge < -0.3 is 15.3 Å². The van der Waals surface area contributed by atoms with Crippen LogP contribution in [0.15, 0.2) is 22.7 Å². The van der Waals surface area contributed by atoms with Gasteiger partial charge in [0.2, 0.25) is 5.91 Å². The van der Waals surface area contributed by atoms with Gasteiger partial charge in [-0.15, -0.1) is 0 Å². The molecule has 1 aromatic carbocycles. The van der Waals surface area contributed by atoms with E-state index < -0.39 is 0 Å². The minimum atomic E-state index is -0.0459. The van der Waals surface area contributed by atoms with Crippen LogP contribution >= 0.6 is 15.9 Å². The standard InChI is InChI=1S/C13H19BrN2O2/c1-3-6-15-13(18)8-16(2)12-5-4-11(14)7-10(12)9-17/h4-5,7,17H,3,6,8-9H2,1-2H3,(H,15,18). The summed E-state index contributed by atoms with van der Waals surface area (Å²) in [6, 6.07) is 5.65. The van der Waals surface area contributed by atoms with Crippen LogP contribution in [0.4, 0.5) is 5.69 Å². The normalized spacial score (nSPS) is 10.2. The number of anilines is 1. The highest BCUT2D eigenvalue weighted by atomic mass is 79.9. The Balaban J connectivity index is 2.71. The van der Waals surface area contributed by atoms with Crippen molar-refractivity contribution in [3.63, 3.8) is 0 Å². The van der Waals surface area contributed by atoms with E-state index in [1.165, 1.54) is 0 Å². The van der Waals surface area contributed by atoms with Gasteiger partial charge in [-0.1, -0.05) is 22.9 Å². The van der Waals surface area contributed by atoms with E-state index in [1.807, 2.05) is 37.1 Å². The summed E-state index contributed by atoms with van der Waals surface area (Å²) in [4.78, 5) is 13.5. The highest BCUT2D eigenvalue weighted by Gasteiger charge is 2.10. The summed E-state index contributed by atoms with van der Waals surface area (Å²) in [6.45, 7) is 2.95. The Morgan fingerprint density at radius 1 is 1.50 bits per heavy atom. The molecule has 1 amide bonds. The van der Waals surface area contributed by atoms with Gasteiger partial charge in [0, 0.05) is 29.3 Å². The first-order valence-electron chi connectivity index (χ1n) is 5.95. The molecule has 0 spiro atoms. The number of hydrogen-bond acceptors (Lipinski definition) is 3. The van der Waals surface area contributed by atoms with Crippen molar-refractivity contribution in [2.75, 3.05) is 25.0 Å². The van der Waals surface area contributed by atoms with E-state index in [4.69, 9.17) is 0 Å². The quantitative estimate of drug-likeness (QED) is 0.843. The van der Waals surface area contributed by atoms with Gasteiger partial charge in [-0.3, -0.25) is 4.79 Å². The molecule has 4 nitrogen and oxygen atoms in total. The van der Waals surface area contributed by atoms with E-state index in [9.17, 15) is 9.90 Å². The number of amides is 1. The molecule has 0 aliphatic rings. The Morgan fingerprint density at radius 3 is 2.83 bits per heavy atom. The predicted octanol–water partition coefficient (Wildman–Crippen LogP) is 1.90. The lowest BCUT2D eigenvalue weighted by Gasteiger charge is -2.21. The van der Waals surface area contributed by atoms with Gasteiger partial charge in [0.15, 0.2) is 0 Å². The highest BCUT2D eigenvalue weighted by molar-refractivity contribution is 9.10. The molecule has 0 radical (unpaired) electrons. The van der Waals surface area contributed by atoms with Crippen molar-refractivity contribution in [3.8, 4) is 0 Å². The van der Waals surface area contributed by atoms with Crippen LogP contribution in [-0.2, 0) is 11.4 Å². The number of likely N-dealkylation sites (N-methyl/N-ethyl adjacent to an activating group) is 1. The molecule has 100 valence electrons. The molecule has 0 bridgehead atoms. The van der Waals surface area contributed by atoms with Crippen LogP contribution in [0.1, 0.15) is 18.9 Å². The average molecular weight is 315 g/mol. The molecule has 18 heavy (non-hydrogen) atoms. The van der Waals surface area contributed by atoms with Gasteiger partial charge in [0.1, 0.15) is 0 Å². The molecule has 1 aromatic rings. The van der Waals surface area contributed by atoms with Crippen molar-refractivity contribution in [3.05, 3.63) is 28.2 Å². The van der Waals surface area contributed by atoms with Crippen LogP contribution in [0.2, 0.25) is 0 Å². The number of carbonyl (C=O) groups excluding carboxylic acids is 1. The third kappa shape index (κ3) is 4.31. The van der Waals surface area contributed by atoms with Crippen molar-refractivity contribution in [2.45, 2.75) is 20.0 Å². The fourth-order valence-electron chi connectivity index (χ4n) is 1.67. The molecular weight excluding hydrogens is 296 g/mol. The van der Waals surface area contributed by atoms with Crippen LogP contribution in [-0.4, -0.2) is 31.2 Å². The molecule has 0 atom stereocenters. The maximum absolute atomic E-state index is 11.6. The minimum absolute atomic E-state index is 0.00819. The van der Waals surface area contributed by atoms with Gasteiger partial charge in [-0.25, -0.2) is 0 Å². The molecule has 0 fully saturated rings. The zero-order valence-corrected chi connectivity index (χ0v) is 12.3.